The summed E-state index contributed by atoms with van der Waals surface area (Å²) in [6.07, 6.45) is -3.98. The van der Waals surface area contributed by atoms with E-state index < -0.39 is 23.7 Å². The Labute approximate surface area is 203 Å². The zero-order chi connectivity index (χ0) is 25.8. The van der Waals surface area contributed by atoms with Crippen LogP contribution in [0.4, 0.5) is 24.5 Å². The third kappa shape index (κ3) is 5.88. The lowest BCUT2D eigenvalue weighted by Crippen LogP contribution is -2.28. The number of hydrogen-bond donors (Lipinski definition) is 2. The van der Waals surface area contributed by atoms with Gasteiger partial charge in [-0.3, -0.25) is 14.6 Å². The van der Waals surface area contributed by atoms with Crippen LogP contribution in [0.15, 0.2) is 54.7 Å². The lowest BCUT2D eigenvalue weighted by molar-refractivity contribution is -0.141. The molecule has 1 aromatic heterocycles. The monoisotopic (exact) mass is 502 g/mol. The molecule has 2 aromatic carbocycles. The number of para-hydroxylation sites is 2. The predicted molar refractivity (Wildman–Crippen MR) is 124 cm³/mol. The highest BCUT2D eigenvalue weighted by molar-refractivity contribution is 6.31. The number of carbonyl (C=O) groups is 2. The van der Waals surface area contributed by atoms with E-state index >= 15 is 0 Å². The van der Waals surface area contributed by atoms with E-state index in [1.165, 1.54) is 30.1 Å². The lowest BCUT2D eigenvalue weighted by atomic mass is 9.96. The van der Waals surface area contributed by atoms with Crippen LogP contribution in [0.25, 0.3) is 11.1 Å². The Morgan fingerprint density at radius 1 is 1.17 bits per heavy atom. The van der Waals surface area contributed by atoms with Crippen LogP contribution < -0.4 is 10.2 Å². The van der Waals surface area contributed by atoms with Gasteiger partial charge in [-0.05, 0) is 42.0 Å². The molecule has 3 rings (SSSR count). The highest BCUT2D eigenvalue weighted by Crippen LogP contribution is 2.35. The van der Waals surface area contributed by atoms with E-state index in [2.05, 4.69) is 10.3 Å². The molecule has 0 aliphatic rings. The van der Waals surface area contributed by atoms with Gasteiger partial charge in [0.15, 0.2) is 0 Å². The van der Waals surface area contributed by atoms with E-state index in [0.717, 1.165) is 6.20 Å². The minimum Gasteiger partial charge on any atom is -0.481 e. The smallest absolute Gasteiger partial charge is 0.433 e. The van der Waals surface area contributed by atoms with E-state index in [1.54, 1.807) is 30.3 Å². The second-order valence-electron chi connectivity index (χ2n) is 7.37. The summed E-state index contributed by atoms with van der Waals surface area (Å²) in [7, 11) is 1.49. The average Bonchev–Trinajstić information content (AvgIpc) is 2.82. The van der Waals surface area contributed by atoms with Crippen molar-refractivity contribution in [2.75, 3.05) is 23.8 Å². The Balaban J connectivity index is 2.04. The maximum absolute atomic E-state index is 13.5. The zero-order valence-corrected chi connectivity index (χ0v) is 19.0. The Bertz CT molecular complexity index is 1320. The van der Waals surface area contributed by atoms with Crippen LogP contribution in [0.3, 0.4) is 0 Å². The second kappa shape index (κ2) is 10.4. The maximum Gasteiger partial charge on any atom is 0.433 e. The van der Waals surface area contributed by atoms with Gasteiger partial charge in [0.25, 0.3) is 5.91 Å². The minimum absolute atomic E-state index is 0.0209. The van der Waals surface area contributed by atoms with Crippen LogP contribution in [0, 0.1) is 11.3 Å². The van der Waals surface area contributed by atoms with Gasteiger partial charge in [-0.15, -0.1) is 0 Å². The van der Waals surface area contributed by atoms with Crippen molar-refractivity contribution < 1.29 is 27.9 Å². The van der Waals surface area contributed by atoms with Crippen molar-refractivity contribution in [1.82, 2.24) is 4.98 Å². The second-order valence-corrected chi connectivity index (χ2v) is 7.80. The van der Waals surface area contributed by atoms with Crippen molar-refractivity contribution in [2.45, 2.75) is 12.6 Å². The quantitative estimate of drug-likeness (QED) is 0.444. The molecule has 180 valence electrons. The molecule has 0 aliphatic carbocycles. The Kier molecular flexibility index (Phi) is 7.62. The molecule has 11 heteroatoms. The summed E-state index contributed by atoms with van der Waals surface area (Å²) in [4.78, 5) is 29.0. The first kappa shape index (κ1) is 25.5. The van der Waals surface area contributed by atoms with Crippen molar-refractivity contribution in [1.29, 1.82) is 5.26 Å². The number of nitrogens with zero attached hydrogens (tertiary/aromatic N) is 3. The van der Waals surface area contributed by atoms with Gasteiger partial charge >= 0.3 is 12.1 Å². The fourth-order valence-corrected chi connectivity index (χ4v) is 3.53. The van der Waals surface area contributed by atoms with E-state index in [4.69, 9.17) is 16.7 Å². The summed E-state index contributed by atoms with van der Waals surface area (Å²) in [6.45, 7) is 0.128. The van der Waals surface area contributed by atoms with Crippen LogP contribution in [0.2, 0.25) is 5.02 Å². The number of anilines is 2. The van der Waals surface area contributed by atoms with Crippen molar-refractivity contribution >= 4 is 34.9 Å². The number of nitriles is 1. The summed E-state index contributed by atoms with van der Waals surface area (Å²) in [6, 6.07) is 13.3. The molecule has 0 unspecified atom stereocenters. The largest absolute Gasteiger partial charge is 0.481 e. The number of benzene rings is 2. The molecule has 0 spiro atoms. The van der Waals surface area contributed by atoms with E-state index in [-0.39, 0.29) is 40.2 Å². The molecule has 0 bridgehead atoms. The van der Waals surface area contributed by atoms with E-state index in [9.17, 15) is 28.0 Å². The molecule has 2 N–H and O–H groups in total. The van der Waals surface area contributed by atoms with Crippen molar-refractivity contribution in [3.63, 3.8) is 0 Å². The van der Waals surface area contributed by atoms with Crippen molar-refractivity contribution in [3.8, 4) is 17.2 Å². The third-order valence-electron chi connectivity index (χ3n) is 5.04. The molecule has 0 aliphatic heterocycles. The summed E-state index contributed by atoms with van der Waals surface area (Å²) in [5.74, 6) is -1.52. The van der Waals surface area contributed by atoms with Crippen molar-refractivity contribution in [3.05, 3.63) is 76.6 Å². The number of carboxylic acid groups (broad SMARTS) is 1. The maximum atomic E-state index is 13.5. The van der Waals surface area contributed by atoms with Gasteiger partial charge in [0.1, 0.15) is 5.69 Å². The van der Waals surface area contributed by atoms with E-state index in [0.29, 0.717) is 17.4 Å². The molecule has 0 saturated carbocycles. The fraction of sp³-hybridized carbons (Fsp3) is 0.167. The normalized spacial score (nSPS) is 11.0. The summed E-state index contributed by atoms with van der Waals surface area (Å²) in [5, 5.41) is 21.5. The van der Waals surface area contributed by atoms with Crippen LogP contribution in [0.5, 0.6) is 0 Å². The number of amides is 1. The molecule has 0 radical (unpaired) electrons. The third-order valence-corrected chi connectivity index (χ3v) is 5.28. The van der Waals surface area contributed by atoms with Gasteiger partial charge < -0.3 is 15.3 Å². The molecule has 0 saturated heterocycles. The standard InChI is InChI=1S/C24H18ClF3N4O3/c1-32(20-5-3-2-4-19(20)30-9-8-22(33)34)23(35)16-7-6-15(25)11-17(16)18-13-31-21(24(26,27)28)10-14(18)12-29/h2-7,10-11,13,30H,8-9H2,1H3,(H,33,34). The number of hydrogen-bond acceptors (Lipinski definition) is 5. The number of alkyl halides is 3. The highest BCUT2D eigenvalue weighted by Gasteiger charge is 2.33. The summed E-state index contributed by atoms with van der Waals surface area (Å²) in [5.41, 5.74) is -0.358. The summed E-state index contributed by atoms with van der Waals surface area (Å²) >= 11 is 6.11. The van der Waals surface area contributed by atoms with E-state index in [1.807, 2.05) is 0 Å². The first-order valence-electron chi connectivity index (χ1n) is 10.1. The zero-order valence-electron chi connectivity index (χ0n) is 18.2. The van der Waals surface area contributed by atoms with Crippen LogP contribution in [-0.2, 0) is 11.0 Å². The van der Waals surface area contributed by atoms with Gasteiger partial charge in [-0.25, -0.2) is 0 Å². The number of carbonyl (C=O) groups excluding carboxylic acids is 1. The Hall–Kier alpha value is -4.10. The molecule has 3 aromatic rings. The van der Waals surface area contributed by atoms with Crippen LogP contribution in [0.1, 0.15) is 28.0 Å². The molecular formula is C24H18ClF3N4O3. The molecule has 35 heavy (non-hydrogen) atoms. The van der Waals surface area contributed by atoms with Gasteiger partial charge in [-0.2, -0.15) is 18.4 Å². The average molecular weight is 503 g/mol. The Morgan fingerprint density at radius 3 is 2.54 bits per heavy atom. The first-order chi connectivity index (χ1) is 16.5. The number of nitrogens with one attached hydrogen (secondary N) is 1. The van der Waals surface area contributed by atoms with Gasteiger partial charge in [-0.1, -0.05) is 23.7 Å². The molecule has 0 fully saturated rings. The Morgan fingerprint density at radius 2 is 1.89 bits per heavy atom. The number of rotatable bonds is 7. The predicted octanol–water partition coefficient (Wildman–Crippen LogP) is 5.46. The topological polar surface area (TPSA) is 106 Å². The summed E-state index contributed by atoms with van der Waals surface area (Å²) < 4.78 is 39.2. The SMILES string of the molecule is CN(C(=O)c1ccc(Cl)cc1-c1cnc(C(F)(F)F)cc1C#N)c1ccccc1NCCC(=O)O. The minimum atomic E-state index is -4.74. The van der Waals surface area contributed by atoms with Crippen LogP contribution in [-0.4, -0.2) is 35.6 Å². The molecule has 1 amide bonds. The molecule has 1 heterocycles. The van der Waals surface area contributed by atoms with Gasteiger partial charge in [0.2, 0.25) is 0 Å². The number of carboxylic acids is 1. The number of pyridine rings is 1. The fourth-order valence-electron chi connectivity index (χ4n) is 3.35. The number of halogens is 4. The van der Waals surface area contributed by atoms with Crippen molar-refractivity contribution in [2.24, 2.45) is 0 Å². The van der Waals surface area contributed by atoms with Crippen LogP contribution >= 0.6 is 11.6 Å². The lowest BCUT2D eigenvalue weighted by Gasteiger charge is -2.23. The first-order valence-corrected chi connectivity index (χ1v) is 10.5. The van der Waals surface area contributed by atoms with Gasteiger partial charge in [0, 0.05) is 35.9 Å². The number of aromatic nitrogens is 1. The molecular weight excluding hydrogens is 485 g/mol. The highest BCUT2D eigenvalue weighted by atomic mass is 35.5. The molecule has 7 nitrogen and oxygen atoms in total. The van der Waals surface area contributed by atoms with Gasteiger partial charge in [0.05, 0.1) is 29.4 Å². The molecule has 0 atom stereocenters. The number of aliphatic carboxylic acids is 1.